The SMILES string of the molecule is Cc1nc(-c2ccc3c(c2)N(CC(=O)Nc2ccccc2Sc2ccccc2)C(=O)C(C)O3)cs1. The number of aryl methyl sites for hydroxylation is 1. The van der Waals surface area contributed by atoms with Gasteiger partial charge in [0.25, 0.3) is 5.91 Å². The van der Waals surface area contributed by atoms with Gasteiger partial charge in [-0.05, 0) is 56.3 Å². The smallest absolute Gasteiger partial charge is 0.268 e. The molecular formula is C27H23N3O3S2. The number of carbonyl (C=O) groups excluding carboxylic acids is 2. The average molecular weight is 502 g/mol. The molecule has 3 aromatic carbocycles. The van der Waals surface area contributed by atoms with Crippen LogP contribution in [0.5, 0.6) is 5.75 Å². The minimum Gasteiger partial charge on any atom is -0.479 e. The first kappa shape index (κ1) is 23.1. The molecule has 6 nitrogen and oxygen atoms in total. The van der Waals surface area contributed by atoms with Crippen LogP contribution in [0.15, 0.2) is 88.0 Å². The van der Waals surface area contributed by atoms with Gasteiger partial charge in [0.05, 0.1) is 22.1 Å². The van der Waals surface area contributed by atoms with Crippen LogP contribution in [0.25, 0.3) is 11.3 Å². The number of hydrogen-bond acceptors (Lipinski definition) is 6. The maximum absolute atomic E-state index is 13.1. The average Bonchev–Trinajstić information content (AvgIpc) is 3.30. The highest BCUT2D eigenvalue weighted by atomic mass is 32.2. The van der Waals surface area contributed by atoms with Gasteiger partial charge < -0.3 is 10.1 Å². The number of nitrogens with one attached hydrogen (secondary N) is 1. The van der Waals surface area contributed by atoms with E-state index >= 15 is 0 Å². The van der Waals surface area contributed by atoms with Crippen LogP contribution in [0, 0.1) is 6.92 Å². The summed E-state index contributed by atoms with van der Waals surface area (Å²) in [5.74, 6) is 0.0289. The molecule has 0 aliphatic carbocycles. The summed E-state index contributed by atoms with van der Waals surface area (Å²) in [5.41, 5.74) is 2.97. The highest BCUT2D eigenvalue weighted by Gasteiger charge is 2.33. The molecule has 0 fully saturated rings. The van der Waals surface area contributed by atoms with Gasteiger partial charge in [-0.3, -0.25) is 14.5 Å². The second-order valence-corrected chi connectivity index (χ2v) is 10.3. The lowest BCUT2D eigenvalue weighted by molar-refractivity contribution is -0.127. The quantitative estimate of drug-likeness (QED) is 0.350. The zero-order valence-corrected chi connectivity index (χ0v) is 20.9. The predicted octanol–water partition coefficient (Wildman–Crippen LogP) is 6.02. The number of amides is 2. The topological polar surface area (TPSA) is 71.5 Å². The van der Waals surface area contributed by atoms with E-state index in [4.69, 9.17) is 4.74 Å². The van der Waals surface area contributed by atoms with E-state index in [1.54, 1.807) is 30.0 Å². The van der Waals surface area contributed by atoms with Gasteiger partial charge in [-0.25, -0.2) is 4.98 Å². The molecule has 1 aromatic heterocycles. The van der Waals surface area contributed by atoms with Gasteiger partial charge in [-0.2, -0.15) is 0 Å². The minimum absolute atomic E-state index is 0.122. The molecular weight excluding hydrogens is 478 g/mol. The first-order valence-electron chi connectivity index (χ1n) is 11.1. The van der Waals surface area contributed by atoms with Crippen molar-refractivity contribution in [1.29, 1.82) is 0 Å². The summed E-state index contributed by atoms with van der Waals surface area (Å²) in [6, 6.07) is 23.2. The molecule has 176 valence electrons. The summed E-state index contributed by atoms with van der Waals surface area (Å²) in [6.45, 7) is 3.52. The second kappa shape index (κ2) is 9.93. The summed E-state index contributed by atoms with van der Waals surface area (Å²) < 4.78 is 5.81. The van der Waals surface area contributed by atoms with Crippen molar-refractivity contribution in [1.82, 2.24) is 4.98 Å². The lowest BCUT2D eigenvalue weighted by Gasteiger charge is -2.33. The van der Waals surface area contributed by atoms with E-state index in [1.807, 2.05) is 85.1 Å². The maximum Gasteiger partial charge on any atom is 0.268 e. The van der Waals surface area contributed by atoms with E-state index in [0.717, 1.165) is 26.1 Å². The number of para-hydroxylation sites is 1. The number of benzene rings is 3. The lowest BCUT2D eigenvalue weighted by Crippen LogP contribution is -2.47. The Morgan fingerprint density at radius 1 is 1.11 bits per heavy atom. The fraction of sp³-hybridized carbons (Fsp3) is 0.148. The molecule has 0 bridgehead atoms. The van der Waals surface area contributed by atoms with Crippen LogP contribution in [0.2, 0.25) is 0 Å². The molecule has 0 saturated heterocycles. The van der Waals surface area contributed by atoms with Crippen molar-refractivity contribution in [3.63, 3.8) is 0 Å². The highest BCUT2D eigenvalue weighted by Crippen LogP contribution is 2.38. The van der Waals surface area contributed by atoms with E-state index in [1.165, 1.54) is 4.90 Å². The lowest BCUT2D eigenvalue weighted by atomic mass is 10.1. The van der Waals surface area contributed by atoms with E-state index < -0.39 is 6.10 Å². The second-order valence-electron chi connectivity index (χ2n) is 8.08. The summed E-state index contributed by atoms with van der Waals surface area (Å²) in [7, 11) is 0. The predicted molar refractivity (Wildman–Crippen MR) is 140 cm³/mol. The number of carbonyl (C=O) groups is 2. The third kappa shape index (κ3) is 5.08. The molecule has 2 amide bonds. The molecule has 1 atom stereocenters. The Morgan fingerprint density at radius 2 is 1.89 bits per heavy atom. The molecule has 8 heteroatoms. The van der Waals surface area contributed by atoms with Crippen molar-refractivity contribution < 1.29 is 14.3 Å². The number of thiazole rings is 1. The monoisotopic (exact) mass is 501 g/mol. The number of fused-ring (bicyclic) bond motifs is 1. The Hall–Kier alpha value is -3.62. The molecule has 0 spiro atoms. The first-order valence-corrected chi connectivity index (χ1v) is 12.8. The van der Waals surface area contributed by atoms with Crippen LogP contribution in [-0.4, -0.2) is 29.4 Å². The number of aromatic nitrogens is 1. The molecule has 1 aliphatic heterocycles. The summed E-state index contributed by atoms with van der Waals surface area (Å²) in [6.07, 6.45) is -0.677. The van der Waals surface area contributed by atoms with Crippen LogP contribution in [-0.2, 0) is 9.59 Å². The third-order valence-corrected chi connectivity index (χ3v) is 7.37. The molecule has 35 heavy (non-hydrogen) atoms. The molecule has 1 unspecified atom stereocenters. The number of nitrogens with zero attached hydrogens (tertiary/aromatic N) is 2. The molecule has 0 radical (unpaired) electrons. The Bertz CT molecular complexity index is 1390. The molecule has 1 N–H and O–H groups in total. The Kier molecular flexibility index (Phi) is 6.57. The third-order valence-electron chi connectivity index (χ3n) is 5.52. The molecule has 4 aromatic rings. The summed E-state index contributed by atoms with van der Waals surface area (Å²) in [4.78, 5) is 34.2. The van der Waals surface area contributed by atoms with Crippen molar-refractivity contribution in [2.45, 2.75) is 29.7 Å². The van der Waals surface area contributed by atoms with Gasteiger partial charge in [0.2, 0.25) is 5.91 Å². The zero-order chi connectivity index (χ0) is 24.4. The molecule has 0 saturated carbocycles. The summed E-state index contributed by atoms with van der Waals surface area (Å²) in [5, 5.41) is 5.92. The van der Waals surface area contributed by atoms with Crippen LogP contribution < -0.4 is 15.0 Å². The van der Waals surface area contributed by atoms with Crippen molar-refractivity contribution in [2.75, 3.05) is 16.8 Å². The fourth-order valence-corrected chi connectivity index (χ4v) is 5.38. The normalized spacial score (nSPS) is 14.9. The van der Waals surface area contributed by atoms with E-state index in [-0.39, 0.29) is 18.4 Å². The Balaban J connectivity index is 1.39. The number of rotatable bonds is 6. The molecule has 5 rings (SSSR count). The minimum atomic E-state index is -0.677. The van der Waals surface area contributed by atoms with Gasteiger partial charge in [0.1, 0.15) is 12.3 Å². The Labute approximate surface area is 212 Å². The van der Waals surface area contributed by atoms with Crippen molar-refractivity contribution >= 4 is 46.3 Å². The van der Waals surface area contributed by atoms with Crippen LogP contribution in [0.1, 0.15) is 11.9 Å². The van der Waals surface area contributed by atoms with Crippen molar-refractivity contribution in [3.05, 3.63) is 83.2 Å². The maximum atomic E-state index is 13.1. The molecule has 2 heterocycles. The van der Waals surface area contributed by atoms with Gasteiger partial charge in [-0.1, -0.05) is 42.1 Å². The molecule has 1 aliphatic rings. The number of hydrogen-bond donors (Lipinski definition) is 1. The van der Waals surface area contributed by atoms with Crippen LogP contribution in [0.3, 0.4) is 0 Å². The highest BCUT2D eigenvalue weighted by molar-refractivity contribution is 7.99. The zero-order valence-electron chi connectivity index (χ0n) is 19.2. The first-order chi connectivity index (χ1) is 17.0. The number of anilines is 2. The Morgan fingerprint density at radius 3 is 2.66 bits per heavy atom. The van der Waals surface area contributed by atoms with Crippen molar-refractivity contribution in [3.8, 4) is 17.0 Å². The van der Waals surface area contributed by atoms with Crippen LogP contribution >= 0.6 is 23.1 Å². The van der Waals surface area contributed by atoms with Gasteiger partial charge in [0.15, 0.2) is 6.10 Å². The summed E-state index contributed by atoms with van der Waals surface area (Å²) >= 11 is 3.14. The number of ether oxygens (including phenoxy) is 1. The van der Waals surface area contributed by atoms with E-state index in [0.29, 0.717) is 17.1 Å². The standard InChI is InChI=1S/C27H23N3O3S2/c1-17-27(32)30(23-14-19(12-13-24(23)33-17)22-16-34-18(2)28-22)15-26(31)29-21-10-6-7-11-25(21)35-20-8-4-3-5-9-20/h3-14,16-17H,15H2,1-2H3,(H,29,31). The largest absolute Gasteiger partial charge is 0.479 e. The van der Waals surface area contributed by atoms with Gasteiger partial charge in [-0.15, -0.1) is 11.3 Å². The fourth-order valence-electron chi connectivity index (χ4n) is 3.83. The van der Waals surface area contributed by atoms with Gasteiger partial charge in [0, 0.05) is 20.7 Å². The van der Waals surface area contributed by atoms with Crippen molar-refractivity contribution in [2.24, 2.45) is 0 Å². The van der Waals surface area contributed by atoms with Gasteiger partial charge >= 0.3 is 0 Å². The van der Waals surface area contributed by atoms with E-state index in [2.05, 4.69) is 10.3 Å². The van der Waals surface area contributed by atoms with Crippen LogP contribution in [0.4, 0.5) is 11.4 Å². The van der Waals surface area contributed by atoms with E-state index in [9.17, 15) is 9.59 Å².